The molecule has 1 N–H and O–H groups in total. The molecule has 7 heteroatoms. The van der Waals surface area contributed by atoms with Gasteiger partial charge in [-0.25, -0.2) is 4.98 Å². The predicted molar refractivity (Wildman–Crippen MR) is 96.7 cm³/mol. The Bertz CT molecular complexity index is 830. The van der Waals surface area contributed by atoms with Gasteiger partial charge in [-0.3, -0.25) is 4.79 Å². The largest absolute Gasteiger partial charge is 0.440 e. The highest BCUT2D eigenvalue weighted by Gasteiger charge is 2.19. The monoisotopic (exact) mass is 444 g/mol. The number of oxazole rings is 1. The number of carbonyl (C=O) groups is 1. The summed E-state index contributed by atoms with van der Waals surface area (Å²) in [5.74, 6) is 0.584. The highest BCUT2D eigenvalue weighted by atomic mass is 127. The van der Waals surface area contributed by atoms with E-state index in [0.717, 1.165) is 8.45 Å². The molecule has 3 rings (SSSR count). The minimum absolute atomic E-state index is 0.262. The van der Waals surface area contributed by atoms with Crippen LogP contribution in [0.4, 0.5) is 5.69 Å². The predicted octanol–water partition coefficient (Wildman–Crippen LogP) is 5.22. The number of rotatable bonds is 3. The van der Waals surface area contributed by atoms with Crippen LogP contribution in [0.3, 0.4) is 0 Å². The van der Waals surface area contributed by atoms with E-state index in [1.54, 1.807) is 19.1 Å². The number of benzene rings is 1. The van der Waals surface area contributed by atoms with E-state index in [-0.39, 0.29) is 11.6 Å². The molecule has 0 saturated carbocycles. The molecule has 0 aliphatic carbocycles. The van der Waals surface area contributed by atoms with Gasteiger partial charge in [-0.15, -0.1) is 11.3 Å². The van der Waals surface area contributed by atoms with Gasteiger partial charge in [0, 0.05) is 3.57 Å². The molecule has 1 amide bonds. The Labute approximate surface area is 149 Å². The van der Waals surface area contributed by atoms with E-state index >= 15 is 0 Å². The first kappa shape index (κ1) is 15.5. The Morgan fingerprint density at radius 3 is 2.91 bits per heavy atom. The van der Waals surface area contributed by atoms with Gasteiger partial charge in [0.05, 0.1) is 15.6 Å². The van der Waals surface area contributed by atoms with Crippen molar-refractivity contribution in [2.75, 3.05) is 5.32 Å². The van der Waals surface area contributed by atoms with E-state index in [2.05, 4.69) is 32.9 Å². The zero-order valence-corrected chi connectivity index (χ0v) is 15.1. The van der Waals surface area contributed by atoms with Crippen molar-refractivity contribution in [3.05, 3.63) is 55.8 Å². The Hall–Kier alpha value is -1.38. The third-order valence-corrected chi connectivity index (χ3v) is 4.76. The Balaban J connectivity index is 1.86. The van der Waals surface area contributed by atoms with Crippen LogP contribution < -0.4 is 5.32 Å². The number of nitrogens with one attached hydrogen (secondary N) is 1. The maximum Gasteiger partial charge on any atom is 0.277 e. The number of hydrogen-bond donors (Lipinski definition) is 1. The summed E-state index contributed by atoms with van der Waals surface area (Å²) in [7, 11) is 0. The molecule has 2 aromatic heterocycles. The Morgan fingerprint density at radius 1 is 1.41 bits per heavy atom. The molecule has 0 bridgehead atoms. The smallest absolute Gasteiger partial charge is 0.277 e. The van der Waals surface area contributed by atoms with E-state index < -0.39 is 0 Å². The zero-order chi connectivity index (χ0) is 15.7. The minimum Gasteiger partial charge on any atom is -0.440 e. The first-order chi connectivity index (χ1) is 10.5. The minimum atomic E-state index is -0.341. The summed E-state index contributed by atoms with van der Waals surface area (Å²) in [5.41, 5.74) is 0.810. The van der Waals surface area contributed by atoms with Crippen molar-refractivity contribution >= 4 is 57.1 Å². The second kappa shape index (κ2) is 6.39. The maximum atomic E-state index is 12.4. The fourth-order valence-corrected chi connectivity index (χ4v) is 3.44. The SMILES string of the molecule is Cc1oc(-c2cccs2)nc1C(=O)Nc1ccc(I)cc1Cl. The number of anilines is 1. The summed E-state index contributed by atoms with van der Waals surface area (Å²) in [5, 5.41) is 5.18. The van der Waals surface area contributed by atoms with E-state index in [9.17, 15) is 4.79 Å². The summed E-state index contributed by atoms with van der Waals surface area (Å²) < 4.78 is 6.57. The molecule has 0 aliphatic rings. The molecular weight excluding hydrogens is 435 g/mol. The van der Waals surface area contributed by atoms with Gasteiger partial charge in [-0.1, -0.05) is 17.7 Å². The number of thiophene rings is 1. The average molecular weight is 445 g/mol. The molecule has 0 spiro atoms. The first-order valence-electron chi connectivity index (χ1n) is 6.32. The molecule has 0 saturated heterocycles. The summed E-state index contributed by atoms with van der Waals surface area (Å²) in [6.45, 7) is 1.72. The molecule has 22 heavy (non-hydrogen) atoms. The van der Waals surface area contributed by atoms with Crippen molar-refractivity contribution in [3.8, 4) is 10.8 Å². The van der Waals surface area contributed by atoms with E-state index in [1.807, 2.05) is 23.6 Å². The lowest BCUT2D eigenvalue weighted by Gasteiger charge is -2.06. The number of hydrogen-bond acceptors (Lipinski definition) is 4. The average Bonchev–Trinajstić information content (AvgIpc) is 3.10. The highest BCUT2D eigenvalue weighted by molar-refractivity contribution is 14.1. The second-order valence-corrected chi connectivity index (χ2v) is 7.08. The van der Waals surface area contributed by atoms with Crippen molar-refractivity contribution in [3.63, 3.8) is 0 Å². The van der Waals surface area contributed by atoms with Crippen LogP contribution in [0.1, 0.15) is 16.2 Å². The van der Waals surface area contributed by atoms with Gasteiger partial charge in [0.25, 0.3) is 5.91 Å². The normalized spacial score (nSPS) is 10.7. The van der Waals surface area contributed by atoms with Crippen molar-refractivity contribution in [2.45, 2.75) is 6.92 Å². The number of carbonyl (C=O) groups excluding carboxylic acids is 1. The van der Waals surface area contributed by atoms with Crippen molar-refractivity contribution in [1.82, 2.24) is 4.98 Å². The van der Waals surface area contributed by atoms with E-state index in [0.29, 0.717) is 22.4 Å². The second-order valence-electron chi connectivity index (χ2n) is 4.48. The van der Waals surface area contributed by atoms with Crippen molar-refractivity contribution < 1.29 is 9.21 Å². The topological polar surface area (TPSA) is 55.1 Å². The van der Waals surface area contributed by atoms with Crippen LogP contribution in [0.5, 0.6) is 0 Å². The standard InChI is InChI=1S/C15H10ClIN2O2S/c1-8-13(19-15(21-8)12-3-2-6-22-12)14(20)18-11-5-4-9(17)7-10(11)16/h2-7H,1H3,(H,18,20). The molecule has 2 heterocycles. The van der Waals surface area contributed by atoms with Gasteiger partial charge in [-0.2, -0.15) is 0 Å². The maximum absolute atomic E-state index is 12.4. The van der Waals surface area contributed by atoms with Crippen molar-refractivity contribution in [2.24, 2.45) is 0 Å². The molecule has 0 aliphatic heterocycles. The number of aromatic nitrogens is 1. The van der Waals surface area contributed by atoms with Crippen molar-refractivity contribution in [1.29, 1.82) is 0 Å². The van der Waals surface area contributed by atoms with Gasteiger partial charge < -0.3 is 9.73 Å². The van der Waals surface area contributed by atoms with Crippen LogP contribution in [-0.4, -0.2) is 10.9 Å². The molecule has 1 aromatic carbocycles. The lowest BCUT2D eigenvalue weighted by Crippen LogP contribution is -2.13. The number of aryl methyl sites for hydroxylation is 1. The highest BCUT2D eigenvalue weighted by Crippen LogP contribution is 2.28. The van der Waals surface area contributed by atoms with Gasteiger partial charge >= 0.3 is 0 Å². The fourth-order valence-electron chi connectivity index (χ4n) is 1.89. The van der Waals surface area contributed by atoms with Crippen LogP contribution in [-0.2, 0) is 0 Å². The quantitative estimate of drug-likeness (QED) is 0.563. The van der Waals surface area contributed by atoms with Gasteiger partial charge in [0.2, 0.25) is 5.89 Å². The van der Waals surface area contributed by atoms with Crippen LogP contribution >= 0.6 is 45.5 Å². The third kappa shape index (κ3) is 3.18. The number of nitrogens with zero attached hydrogens (tertiary/aromatic N) is 1. The van der Waals surface area contributed by atoms with Crippen LogP contribution in [0, 0.1) is 10.5 Å². The Morgan fingerprint density at radius 2 is 2.23 bits per heavy atom. The molecular formula is C15H10ClIN2O2S. The lowest BCUT2D eigenvalue weighted by molar-refractivity contribution is 0.102. The zero-order valence-electron chi connectivity index (χ0n) is 11.4. The van der Waals surface area contributed by atoms with Gasteiger partial charge in [0.1, 0.15) is 5.76 Å². The molecule has 0 radical (unpaired) electrons. The van der Waals surface area contributed by atoms with Crippen LogP contribution in [0.15, 0.2) is 40.1 Å². The van der Waals surface area contributed by atoms with Gasteiger partial charge in [-0.05, 0) is 59.2 Å². The lowest BCUT2D eigenvalue weighted by atomic mass is 10.3. The first-order valence-corrected chi connectivity index (χ1v) is 8.66. The molecule has 0 atom stereocenters. The molecule has 4 nitrogen and oxygen atoms in total. The third-order valence-electron chi connectivity index (χ3n) is 2.92. The van der Waals surface area contributed by atoms with Crippen LogP contribution in [0.2, 0.25) is 5.02 Å². The molecule has 0 unspecified atom stereocenters. The summed E-state index contributed by atoms with van der Waals surface area (Å²) >= 11 is 9.79. The summed E-state index contributed by atoms with van der Waals surface area (Å²) in [6.07, 6.45) is 0. The van der Waals surface area contributed by atoms with E-state index in [4.69, 9.17) is 16.0 Å². The molecule has 112 valence electrons. The van der Waals surface area contributed by atoms with E-state index in [1.165, 1.54) is 11.3 Å². The number of amides is 1. The van der Waals surface area contributed by atoms with Crippen LogP contribution in [0.25, 0.3) is 10.8 Å². The molecule has 3 aromatic rings. The summed E-state index contributed by atoms with van der Waals surface area (Å²) in [6, 6.07) is 9.22. The fraction of sp³-hybridized carbons (Fsp3) is 0.0667. The summed E-state index contributed by atoms with van der Waals surface area (Å²) in [4.78, 5) is 17.5. The number of halogens is 2. The molecule has 0 fully saturated rings. The van der Waals surface area contributed by atoms with Gasteiger partial charge in [0.15, 0.2) is 5.69 Å². The Kier molecular flexibility index (Phi) is 4.51.